The average molecular weight is 516 g/mol. The molecule has 0 saturated carbocycles. The molecule has 0 atom stereocenters. The van der Waals surface area contributed by atoms with Crippen LogP contribution >= 0.6 is 9.21 Å². The lowest BCUT2D eigenvalue weighted by Gasteiger charge is -2.32. The highest BCUT2D eigenvalue weighted by molar-refractivity contribution is 8.27. The Balaban J connectivity index is 1.25. The molecule has 0 spiro atoms. The molecule has 0 bridgehead atoms. The maximum Gasteiger partial charge on any atom is 0.227 e. The highest BCUT2D eigenvalue weighted by Gasteiger charge is 2.21. The van der Waals surface area contributed by atoms with E-state index in [1.807, 2.05) is 0 Å². The fourth-order valence-corrected chi connectivity index (χ4v) is 5.88. The molecule has 3 heterocycles. The number of benzene rings is 2. The molecule has 194 valence electrons. The number of likely N-dealkylation sites (tertiary alicyclic amines) is 1. The lowest BCUT2D eigenvalue weighted by atomic mass is 10.0. The molecule has 0 amide bonds. The SMILES string of the molecule is C=S(=C)(C)c1ccc(CN2CCC(Nc3nc(Nc4c(C)cc(C)cc4C)c4[nH]cnc4n3)CC2)cc1. The molecule has 2 aromatic carbocycles. The number of hydrogen-bond acceptors (Lipinski definition) is 6. The number of H-pyrrole nitrogens is 1. The Morgan fingerprint density at radius 3 is 2.35 bits per heavy atom. The number of aromatic nitrogens is 4. The summed E-state index contributed by atoms with van der Waals surface area (Å²) in [4.78, 5) is 20.9. The third-order valence-electron chi connectivity index (χ3n) is 7.03. The van der Waals surface area contributed by atoms with Crippen molar-refractivity contribution in [1.29, 1.82) is 0 Å². The van der Waals surface area contributed by atoms with E-state index in [2.05, 4.69) is 106 Å². The molecule has 5 rings (SSSR count). The topological polar surface area (TPSA) is 81.8 Å². The summed E-state index contributed by atoms with van der Waals surface area (Å²) in [5.74, 6) is 9.78. The van der Waals surface area contributed by atoms with Gasteiger partial charge in [0, 0.05) is 31.4 Å². The summed E-state index contributed by atoms with van der Waals surface area (Å²) in [6, 6.07) is 13.5. The number of anilines is 3. The van der Waals surface area contributed by atoms with Crippen LogP contribution in [-0.2, 0) is 6.54 Å². The molecule has 1 saturated heterocycles. The number of nitrogens with zero attached hydrogens (tertiary/aromatic N) is 4. The number of hydrogen-bond donors (Lipinski definition) is 3. The third-order valence-corrected chi connectivity index (χ3v) is 8.44. The summed E-state index contributed by atoms with van der Waals surface area (Å²) in [7, 11) is -1.17. The molecular weight excluding hydrogens is 478 g/mol. The minimum Gasteiger partial charge on any atom is -0.351 e. The van der Waals surface area contributed by atoms with Crippen LogP contribution in [0.5, 0.6) is 0 Å². The van der Waals surface area contributed by atoms with Gasteiger partial charge in [0.15, 0.2) is 11.5 Å². The van der Waals surface area contributed by atoms with E-state index in [-0.39, 0.29) is 0 Å². The van der Waals surface area contributed by atoms with Crippen molar-refractivity contribution in [2.45, 2.75) is 51.1 Å². The Bertz CT molecular complexity index is 1490. The van der Waals surface area contributed by atoms with E-state index in [0.29, 0.717) is 17.6 Å². The third kappa shape index (κ3) is 5.81. The van der Waals surface area contributed by atoms with Crippen molar-refractivity contribution in [3.63, 3.8) is 0 Å². The Hall–Kier alpha value is -3.36. The van der Waals surface area contributed by atoms with Crippen LogP contribution < -0.4 is 10.6 Å². The molecule has 8 heteroatoms. The Morgan fingerprint density at radius 1 is 1.03 bits per heavy atom. The first-order valence-electron chi connectivity index (χ1n) is 12.7. The van der Waals surface area contributed by atoms with Crippen molar-refractivity contribution >= 4 is 49.6 Å². The summed E-state index contributed by atoms with van der Waals surface area (Å²) in [5.41, 5.74) is 7.51. The van der Waals surface area contributed by atoms with Gasteiger partial charge in [0.25, 0.3) is 0 Å². The van der Waals surface area contributed by atoms with Crippen LogP contribution in [0.1, 0.15) is 35.1 Å². The van der Waals surface area contributed by atoms with Crippen LogP contribution in [0.25, 0.3) is 11.2 Å². The van der Waals surface area contributed by atoms with Crippen molar-refractivity contribution in [2.24, 2.45) is 0 Å². The van der Waals surface area contributed by atoms with Crippen molar-refractivity contribution in [3.8, 4) is 0 Å². The van der Waals surface area contributed by atoms with Gasteiger partial charge in [-0.3, -0.25) is 4.90 Å². The van der Waals surface area contributed by atoms with E-state index in [1.165, 1.54) is 27.1 Å². The molecule has 7 nitrogen and oxygen atoms in total. The zero-order valence-electron chi connectivity index (χ0n) is 22.3. The van der Waals surface area contributed by atoms with Gasteiger partial charge in [-0.25, -0.2) is 4.98 Å². The van der Waals surface area contributed by atoms with Crippen molar-refractivity contribution < 1.29 is 0 Å². The van der Waals surface area contributed by atoms with Gasteiger partial charge in [-0.05, 0) is 73.6 Å². The van der Waals surface area contributed by atoms with E-state index in [0.717, 1.165) is 49.5 Å². The van der Waals surface area contributed by atoms with E-state index in [4.69, 9.17) is 4.98 Å². The zero-order valence-corrected chi connectivity index (χ0v) is 23.1. The maximum atomic E-state index is 4.86. The van der Waals surface area contributed by atoms with Crippen LogP contribution in [-0.4, -0.2) is 62.0 Å². The molecule has 1 fully saturated rings. The molecular formula is C29H37N7S. The molecule has 1 aliphatic rings. The Kier molecular flexibility index (Phi) is 6.96. The smallest absolute Gasteiger partial charge is 0.227 e. The second-order valence-electron chi connectivity index (χ2n) is 10.5. The average Bonchev–Trinajstić information content (AvgIpc) is 3.31. The number of fused-ring (bicyclic) bond motifs is 1. The van der Waals surface area contributed by atoms with Gasteiger partial charge in [0.1, 0.15) is 5.52 Å². The first kappa shape index (κ1) is 25.3. The molecule has 0 radical (unpaired) electrons. The highest BCUT2D eigenvalue weighted by Crippen LogP contribution is 2.30. The predicted octanol–water partition coefficient (Wildman–Crippen LogP) is 5.76. The molecule has 2 aromatic heterocycles. The predicted molar refractivity (Wildman–Crippen MR) is 160 cm³/mol. The standard InChI is InChI=1S/C29H37N7S/c1-19-15-20(2)25(21(3)16-19)33-28-26-27(31-18-30-26)34-29(35-28)32-23-11-13-36(14-12-23)17-22-7-9-24(10-8-22)37(4,5)6/h7-10,15-16,18,23H,4-5,11-14,17H2,1-3,6H3,(H3,30,31,32,33,34,35). The van der Waals surface area contributed by atoms with E-state index in [9.17, 15) is 0 Å². The van der Waals surface area contributed by atoms with E-state index in [1.54, 1.807) is 6.33 Å². The molecule has 4 aromatic rings. The summed E-state index contributed by atoms with van der Waals surface area (Å²) in [6.07, 6.45) is 5.87. The van der Waals surface area contributed by atoms with Gasteiger partial charge in [0.05, 0.1) is 6.33 Å². The monoisotopic (exact) mass is 515 g/mol. The van der Waals surface area contributed by atoms with Crippen molar-refractivity contribution in [3.05, 3.63) is 65.0 Å². The van der Waals surface area contributed by atoms with E-state index >= 15 is 0 Å². The number of aromatic amines is 1. The Labute approximate surface area is 220 Å². The summed E-state index contributed by atoms with van der Waals surface area (Å²) >= 11 is 0. The number of piperidine rings is 1. The number of rotatable bonds is 7. The van der Waals surface area contributed by atoms with Gasteiger partial charge in [-0.1, -0.05) is 41.6 Å². The first-order chi connectivity index (χ1) is 17.7. The second-order valence-corrected chi connectivity index (χ2v) is 13.5. The Morgan fingerprint density at radius 2 is 1.70 bits per heavy atom. The van der Waals surface area contributed by atoms with Crippen LogP contribution in [0.2, 0.25) is 0 Å². The van der Waals surface area contributed by atoms with E-state index < -0.39 is 9.21 Å². The number of nitrogens with one attached hydrogen (secondary N) is 3. The van der Waals surface area contributed by atoms with Crippen LogP contribution in [0, 0.1) is 20.8 Å². The van der Waals surface area contributed by atoms with Gasteiger partial charge < -0.3 is 15.6 Å². The largest absolute Gasteiger partial charge is 0.351 e. The summed E-state index contributed by atoms with van der Waals surface area (Å²) < 4.78 is 0. The van der Waals surface area contributed by atoms with Crippen LogP contribution in [0.3, 0.4) is 0 Å². The van der Waals surface area contributed by atoms with Crippen LogP contribution in [0.15, 0.2) is 47.6 Å². The second kappa shape index (κ2) is 10.2. The number of aryl methyl sites for hydroxylation is 3. The molecule has 0 unspecified atom stereocenters. The minimum atomic E-state index is -1.17. The lowest BCUT2D eigenvalue weighted by Crippen LogP contribution is -2.39. The minimum absolute atomic E-state index is 0.326. The molecule has 37 heavy (non-hydrogen) atoms. The van der Waals surface area contributed by atoms with Crippen LogP contribution in [0.4, 0.5) is 17.5 Å². The molecule has 1 aliphatic heterocycles. The van der Waals surface area contributed by atoms with Crippen molar-refractivity contribution in [2.75, 3.05) is 30.0 Å². The quantitative estimate of drug-likeness (QED) is 0.272. The summed E-state index contributed by atoms with van der Waals surface area (Å²) in [6.45, 7) is 9.39. The van der Waals surface area contributed by atoms with Gasteiger partial charge in [-0.15, -0.1) is 0 Å². The van der Waals surface area contributed by atoms with Crippen molar-refractivity contribution in [1.82, 2.24) is 24.8 Å². The normalized spacial score (nSPS) is 15.2. The highest BCUT2D eigenvalue weighted by atomic mass is 32.2. The molecule has 0 aliphatic carbocycles. The fourth-order valence-electron chi connectivity index (χ4n) is 5.08. The van der Waals surface area contributed by atoms with Gasteiger partial charge >= 0.3 is 0 Å². The first-order valence-corrected chi connectivity index (χ1v) is 15.1. The van der Waals surface area contributed by atoms with Gasteiger partial charge in [-0.2, -0.15) is 19.2 Å². The summed E-state index contributed by atoms with van der Waals surface area (Å²) in [5, 5.41) is 7.13. The zero-order chi connectivity index (χ0) is 26.2. The number of imidazole rings is 1. The fraction of sp³-hybridized carbons (Fsp3) is 0.345. The molecule has 3 N–H and O–H groups in total. The lowest BCUT2D eigenvalue weighted by molar-refractivity contribution is 0.211. The van der Waals surface area contributed by atoms with Gasteiger partial charge in [0.2, 0.25) is 5.95 Å². The maximum absolute atomic E-state index is 4.86.